The first-order valence-electron chi connectivity index (χ1n) is 4.82. The molecule has 3 heteroatoms. The van der Waals surface area contributed by atoms with Crippen LogP contribution in [0.15, 0.2) is 0 Å². The van der Waals surface area contributed by atoms with Gasteiger partial charge in [-0.1, -0.05) is 20.8 Å². The lowest BCUT2D eigenvalue weighted by Crippen LogP contribution is -2.04. The molecule has 76 valence electrons. The van der Waals surface area contributed by atoms with Gasteiger partial charge in [0.15, 0.2) is 0 Å². The van der Waals surface area contributed by atoms with Gasteiger partial charge in [0.25, 0.3) is 0 Å². The molecule has 0 unspecified atom stereocenters. The van der Waals surface area contributed by atoms with Crippen LogP contribution in [0.3, 0.4) is 0 Å². The topological polar surface area (TPSA) is 46.5 Å². The number of ether oxygens (including phenoxy) is 1. The summed E-state index contributed by atoms with van der Waals surface area (Å²) < 4.78 is 5.36. The Labute approximate surface area is 79.1 Å². The van der Waals surface area contributed by atoms with Gasteiger partial charge in [0.2, 0.25) is 0 Å². The van der Waals surface area contributed by atoms with Gasteiger partial charge in [-0.25, -0.2) is 0 Å². The largest absolute Gasteiger partial charge is 0.481 e. The minimum atomic E-state index is -0.685. The van der Waals surface area contributed by atoms with Crippen LogP contribution in [0.4, 0.5) is 0 Å². The third kappa shape index (κ3) is 2.02. The van der Waals surface area contributed by atoms with Crippen LogP contribution in [0, 0.1) is 17.3 Å². The number of carboxylic acids is 1. The average molecular weight is 186 g/mol. The predicted molar refractivity (Wildman–Crippen MR) is 49.5 cm³/mol. The van der Waals surface area contributed by atoms with E-state index in [1.54, 1.807) is 0 Å². The standard InChI is InChI=1S/C10H18O3/c1-4-5-13-6-7-8(9(11)12)10(7,2)3/h7-8H,4-6H2,1-3H3,(H,11,12)/t7-,8-/m0/s1. The Bertz CT molecular complexity index is 198. The number of carboxylic acid groups (broad SMARTS) is 1. The molecule has 1 aliphatic rings. The van der Waals surface area contributed by atoms with Crippen LogP contribution < -0.4 is 0 Å². The fraction of sp³-hybridized carbons (Fsp3) is 0.900. The van der Waals surface area contributed by atoms with Crippen molar-refractivity contribution in [3.63, 3.8) is 0 Å². The first kappa shape index (κ1) is 10.5. The maximum absolute atomic E-state index is 10.8. The summed E-state index contributed by atoms with van der Waals surface area (Å²) >= 11 is 0. The Morgan fingerprint density at radius 3 is 2.54 bits per heavy atom. The maximum Gasteiger partial charge on any atom is 0.307 e. The van der Waals surface area contributed by atoms with Crippen LogP contribution >= 0.6 is 0 Å². The molecule has 0 saturated heterocycles. The minimum Gasteiger partial charge on any atom is -0.481 e. The highest BCUT2D eigenvalue weighted by Gasteiger charge is 2.61. The van der Waals surface area contributed by atoms with Crippen molar-refractivity contribution in [1.82, 2.24) is 0 Å². The first-order valence-corrected chi connectivity index (χ1v) is 4.82. The summed E-state index contributed by atoms with van der Waals surface area (Å²) in [5.41, 5.74) is -0.0699. The molecule has 0 aromatic heterocycles. The third-order valence-electron chi connectivity index (χ3n) is 2.96. The lowest BCUT2D eigenvalue weighted by atomic mass is 10.1. The van der Waals surface area contributed by atoms with Gasteiger partial charge in [0.05, 0.1) is 12.5 Å². The van der Waals surface area contributed by atoms with Gasteiger partial charge in [-0.2, -0.15) is 0 Å². The Morgan fingerprint density at radius 2 is 2.15 bits per heavy atom. The van der Waals surface area contributed by atoms with Gasteiger partial charge in [-0.15, -0.1) is 0 Å². The number of hydrogen-bond acceptors (Lipinski definition) is 2. The van der Waals surface area contributed by atoms with Crippen molar-refractivity contribution in [2.45, 2.75) is 27.2 Å². The van der Waals surface area contributed by atoms with Gasteiger partial charge < -0.3 is 9.84 Å². The second kappa shape index (κ2) is 3.66. The van der Waals surface area contributed by atoms with Crippen molar-refractivity contribution in [2.75, 3.05) is 13.2 Å². The normalized spacial score (nSPS) is 30.1. The molecule has 1 rings (SSSR count). The molecule has 0 spiro atoms. The minimum absolute atomic E-state index is 0.0699. The molecule has 0 aliphatic heterocycles. The van der Waals surface area contributed by atoms with E-state index in [1.807, 2.05) is 20.8 Å². The van der Waals surface area contributed by atoms with E-state index in [0.717, 1.165) is 13.0 Å². The highest BCUT2D eigenvalue weighted by Crippen LogP contribution is 2.58. The molecule has 0 bridgehead atoms. The summed E-state index contributed by atoms with van der Waals surface area (Å²) in [6, 6.07) is 0. The molecule has 13 heavy (non-hydrogen) atoms. The molecule has 1 N–H and O–H groups in total. The summed E-state index contributed by atoms with van der Waals surface area (Å²) in [7, 11) is 0. The van der Waals surface area contributed by atoms with Crippen LogP contribution in [-0.2, 0) is 9.53 Å². The van der Waals surface area contributed by atoms with E-state index in [-0.39, 0.29) is 17.3 Å². The van der Waals surface area contributed by atoms with Gasteiger partial charge in [0.1, 0.15) is 0 Å². The molecule has 0 aromatic rings. The number of aliphatic carboxylic acids is 1. The van der Waals surface area contributed by atoms with Crippen molar-refractivity contribution in [1.29, 1.82) is 0 Å². The lowest BCUT2D eigenvalue weighted by molar-refractivity contribution is -0.139. The van der Waals surface area contributed by atoms with Crippen molar-refractivity contribution in [3.05, 3.63) is 0 Å². The van der Waals surface area contributed by atoms with Gasteiger partial charge in [-0.3, -0.25) is 4.79 Å². The number of hydrogen-bond donors (Lipinski definition) is 1. The lowest BCUT2D eigenvalue weighted by Gasteiger charge is -2.02. The van der Waals surface area contributed by atoms with Crippen molar-refractivity contribution in [2.24, 2.45) is 17.3 Å². The molecular weight excluding hydrogens is 168 g/mol. The molecule has 2 atom stereocenters. The second-order valence-electron chi connectivity index (χ2n) is 4.32. The smallest absolute Gasteiger partial charge is 0.307 e. The van der Waals surface area contributed by atoms with Gasteiger partial charge in [0, 0.05) is 12.5 Å². The summed E-state index contributed by atoms with van der Waals surface area (Å²) in [6.07, 6.45) is 0.991. The summed E-state index contributed by atoms with van der Waals surface area (Å²) in [6.45, 7) is 7.36. The van der Waals surface area contributed by atoms with E-state index in [9.17, 15) is 4.79 Å². The van der Waals surface area contributed by atoms with E-state index < -0.39 is 5.97 Å². The molecule has 0 amide bonds. The number of carbonyl (C=O) groups is 1. The van der Waals surface area contributed by atoms with Crippen molar-refractivity contribution in [3.8, 4) is 0 Å². The zero-order chi connectivity index (χ0) is 10.1. The molecule has 1 saturated carbocycles. The van der Waals surface area contributed by atoms with Crippen molar-refractivity contribution < 1.29 is 14.6 Å². The number of rotatable bonds is 5. The summed E-state index contributed by atoms with van der Waals surface area (Å²) in [4.78, 5) is 10.8. The van der Waals surface area contributed by atoms with E-state index >= 15 is 0 Å². The van der Waals surface area contributed by atoms with Crippen LogP contribution in [0.1, 0.15) is 27.2 Å². The first-order chi connectivity index (χ1) is 6.01. The van der Waals surface area contributed by atoms with Gasteiger partial charge >= 0.3 is 5.97 Å². The third-order valence-corrected chi connectivity index (χ3v) is 2.96. The molecule has 0 heterocycles. The predicted octanol–water partition coefficient (Wildman–Crippen LogP) is 1.77. The van der Waals surface area contributed by atoms with E-state index in [2.05, 4.69) is 0 Å². The highest BCUT2D eigenvalue weighted by atomic mass is 16.5. The summed E-state index contributed by atoms with van der Waals surface area (Å²) in [5.74, 6) is -0.684. The fourth-order valence-electron chi connectivity index (χ4n) is 1.90. The Hall–Kier alpha value is -0.570. The zero-order valence-electron chi connectivity index (χ0n) is 8.54. The van der Waals surface area contributed by atoms with Gasteiger partial charge in [-0.05, 0) is 11.8 Å². The van der Waals surface area contributed by atoms with Crippen LogP contribution in [-0.4, -0.2) is 24.3 Å². The monoisotopic (exact) mass is 186 g/mol. The zero-order valence-corrected chi connectivity index (χ0v) is 8.54. The van der Waals surface area contributed by atoms with E-state index in [4.69, 9.17) is 9.84 Å². The molecule has 1 fully saturated rings. The summed E-state index contributed by atoms with van der Waals surface area (Å²) in [5, 5.41) is 8.86. The van der Waals surface area contributed by atoms with E-state index in [1.165, 1.54) is 0 Å². The Kier molecular flexibility index (Phi) is 2.96. The second-order valence-corrected chi connectivity index (χ2v) is 4.32. The molecule has 1 aliphatic carbocycles. The SMILES string of the molecule is CCCOC[C@H]1[C@@H](C(=O)O)C1(C)C. The molecular formula is C10H18O3. The van der Waals surface area contributed by atoms with Crippen LogP contribution in [0.5, 0.6) is 0 Å². The quantitative estimate of drug-likeness (QED) is 0.665. The average Bonchev–Trinajstić information content (AvgIpc) is 2.54. The molecule has 3 nitrogen and oxygen atoms in total. The molecule has 0 aromatic carbocycles. The Balaban J connectivity index is 2.33. The maximum atomic E-state index is 10.8. The van der Waals surface area contributed by atoms with Crippen LogP contribution in [0.2, 0.25) is 0 Å². The molecule has 0 radical (unpaired) electrons. The van der Waals surface area contributed by atoms with Crippen molar-refractivity contribution >= 4 is 5.97 Å². The van der Waals surface area contributed by atoms with E-state index in [0.29, 0.717) is 6.61 Å². The van der Waals surface area contributed by atoms with Crippen LogP contribution in [0.25, 0.3) is 0 Å². The fourth-order valence-corrected chi connectivity index (χ4v) is 1.90. The highest BCUT2D eigenvalue weighted by molar-refractivity contribution is 5.75. The Morgan fingerprint density at radius 1 is 1.54 bits per heavy atom.